The number of hydrazone groups is 1. The van der Waals surface area contributed by atoms with Crippen LogP contribution >= 0.6 is 12.2 Å². The van der Waals surface area contributed by atoms with Crippen LogP contribution in [0.15, 0.2) is 76.7 Å². The Morgan fingerprint density at radius 2 is 1.73 bits per heavy atom. The number of fused-ring (bicyclic) bond motifs is 1. The maximum absolute atomic E-state index is 12.5. The van der Waals surface area contributed by atoms with Crippen molar-refractivity contribution in [1.29, 1.82) is 0 Å². The highest BCUT2D eigenvalue weighted by molar-refractivity contribution is 7.87. The molecule has 0 unspecified atom stereocenters. The summed E-state index contributed by atoms with van der Waals surface area (Å²) in [6.07, 6.45) is 1.50. The third kappa shape index (κ3) is 4.35. The second-order valence-electron chi connectivity index (χ2n) is 5.35. The van der Waals surface area contributed by atoms with Crippen molar-refractivity contribution in [2.24, 2.45) is 10.8 Å². The second kappa shape index (κ2) is 7.51. The van der Waals surface area contributed by atoms with E-state index < -0.39 is 10.1 Å². The van der Waals surface area contributed by atoms with Crippen LogP contribution in [-0.4, -0.2) is 19.7 Å². The van der Waals surface area contributed by atoms with Gasteiger partial charge in [0.2, 0.25) is 0 Å². The summed E-state index contributed by atoms with van der Waals surface area (Å²) in [7, 11) is -3.93. The van der Waals surface area contributed by atoms with Crippen LogP contribution in [0.2, 0.25) is 0 Å². The molecule has 3 rings (SSSR count). The topological polar surface area (TPSA) is 93.8 Å². The third-order valence-electron chi connectivity index (χ3n) is 3.48. The fourth-order valence-corrected chi connectivity index (χ4v) is 3.30. The van der Waals surface area contributed by atoms with Crippen molar-refractivity contribution in [3.63, 3.8) is 0 Å². The number of nitrogens with zero attached hydrogens (tertiary/aromatic N) is 1. The van der Waals surface area contributed by atoms with E-state index in [9.17, 15) is 8.42 Å². The van der Waals surface area contributed by atoms with Crippen LogP contribution in [0.1, 0.15) is 5.56 Å². The predicted octanol–water partition coefficient (Wildman–Crippen LogP) is 2.77. The molecular formula is C18H15N3O3S2. The molecule has 0 bridgehead atoms. The normalized spacial score (nSPS) is 11.5. The Bertz CT molecular complexity index is 1080. The Morgan fingerprint density at radius 1 is 1.04 bits per heavy atom. The summed E-state index contributed by atoms with van der Waals surface area (Å²) in [6, 6.07) is 18.8. The Morgan fingerprint density at radius 3 is 2.42 bits per heavy atom. The minimum Gasteiger partial charge on any atom is -0.379 e. The van der Waals surface area contributed by atoms with E-state index in [-0.39, 0.29) is 15.8 Å². The number of hydrogen-bond donors (Lipinski definition) is 2. The van der Waals surface area contributed by atoms with E-state index in [1.54, 1.807) is 36.4 Å². The van der Waals surface area contributed by atoms with Crippen molar-refractivity contribution in [2.45, 2.75) is 4.90 Å². The molecule has 0 aliphatic rings. The minimum absolute atomic E-state index is 0.0580. The number of hydrogen-bond acceptors (Lipinski definition) is 5. The van der Waals surface area contributed by atoms with Crippen molar-refractivity contribution in [3.8, 4) is 5.75 Å². The Labute approximate surface area is 156 Å². The molecule has 0 aromatic heterocycles. The summed E-state index contributed by atoms with van der Waals surface area (Å²) >= 11 is 4.63. The largest absolute Gasteiger partial charge is 0.379 e. The summed E-state index contributed by atoms with van der Waals surface area (Å²) < 4.78 is 30.2. The van der Waals surface area contributed by atoms with E-state index in [0.29, 0.717) is 0 Å². The molecule has 3 aromatic carbocycles. The first-order chi connectivity index (χ1) is 12.4. The lowest BCUT2D eigenvalue weighted by molar-refractivity contribution is 0.486. The molecule has 0 saturated heterocycles. The second-order valence-corrected chi connectivity index (χ2v) is 7.34. The third-order valence-corrected chi connectivity index (χ3v) is 4.82. The number of rotatable bonds is 5. The molecule has 0 heterocycles. The maximum atomic E-state index is 12.5. The van der Waals surface area contributed by atoms with Crippen LogP contribution in [-0.2, 0) is 10.1 Å². The monoisotopic (exact) mass is 385 g/mol. The molecule has 3 N–H and O–H groups in total. The number of thiocarbonyl (C=S) groups is 1. The molecule has 0 amide bonds. The molecule has 132 valence electrons. The SMILES string of the molecule is NC(=S)N/N=C\c1ccc(OS(=O)(=O)c2ccc3ccccc3c2)cc1. The van der Waals surface area contributed by atoms with E-state index in [4.69, 9.17) is 9.92 Å². The standard InChI is InChI=1S/C18H15N3O3S2/c19-18(25)21-20-12-13-5-8-16(9-6-13)24-26(22,23)17-10-7-14-3-1-2-4-15(14)11-17/h1-12H,(H3,19,21,25)/b20-12-. The van der Waals surface area contributed by atoms with E-state index in [1.165, 1.54) is 12.3 Å². The molecule has 0 fully saturated rings. The fourth-order valence-electron chi connectivity index (χ4n) is 2.28. The lowest BCUT2D eigenvalue weighted by Gasteiger charge is -2.08. The molecule has 0 aliphatic heterocycles. The van der Waals surface area contributed by atoms with Gasteiger partial charge in [0.25, 0.3) is 0 Å². The van der Waals surface area contributed by atoms with Gasteiger partial charge in [0.1, 0.15) is 10.6 Å². The van der Waals surface area contributed by atoms with Crippen LogP contribution in [0.3, 0.4) is 0 Å². The fraction of sp³-hybridized carbons (Fsp3) is 0. The molecule has 0 aliphatic carbocycles. The Kier molecular flexibility index (Phi) is 5.15. The van der Waals surface area contributed by atoms with Crippen LogP contribution in [0, 0.1) is 0 Å². The average Bonchev–Trinajstić information content (AvgIpc) is 2.62. The first-order valence-corrected chi connectivity index (χ1v) is 9.37. The Balaban J connectivity index is 1.78. The molecule has 3 aromatic rings. The lowest BCUT2D eigenvalue weighted by Crippen LogP contribution is -2.23. The van der Waals surface area contributed by atoms with E-state index in [2.05, 4.69) is 22.7 Å². The van der Waals surface area contributed by atoms with Gasteiger partial charge < -0.3 is 9.92 Å². The van der Waals surface area contributed by atoms with Gasteiger partial charge in [-0.1, -0.05) is 30.3 Å². The highest BCUT2D eigenvalue weighted by Gasteiger charge is 2.17. The molecule has 0 saturated carbocycles. The lowest BCUT2D eigenvalue weighted by atomic mass is 10.1. The van der Waals surface area contributed by atoms with Gasteiger partial charge in [-0.05, 0) is 65.0 Å². The zero-order valence-electron chi connectivity index (χ0n) is 13.5. The highest BCUT2D eigenvalue weighted by Crippen LogP contribution is 2.22. The number of nitrogens with two attached hydrogens (primary N) is 1. The zero-order chi connectivity index (χ0) is 18.6. The molecule has 0 spiro atoms. The van der Waals surface area contributed by atoms with Gasteiger partial charge in [-0.25, -0.2) is 0 Å². The summed E-state index contributed by atoms with van der Waals surface area (Å²) in [5.41, 5.74) is 8.42. The minimum atomic E-state index is -3.93. The maximum Gasteiger partial charge on any atom is 0.339 e. The molecule has 8 heteroatoms. The molecule has 6 nitrogen and oxygen atoms in total. The van der Waals surface area contributed by atoms with Gasteiger partial charge >= 0.3 is 10.1 Å². The van der Waals surface area contributed by atoms with Crippen molar-refractivity contribution < 1.29 is 12.6 Å². The van der Waals surface area contributed by atoms with E-state index in [0.717, 1.165) is 16.3 Å². The summed E-state index contributed by atoms with van der Waals surface area (Å²) in [5, 5.41) is 5.67. The quantitative estimate of drug-likeness (QED) is 0.304. The van der Waals surface area contributed by atoms with Crippen LogP contribution in [0.4, 0.5) is 0 Å². The zero-order valence-corrected chi connectivity index (χ0v) is 15.1. The van der Waals surface area contributed by atoms with Crippen LogP contribution in [0.25, 0.3) is 10.8 Å². The van der Waals surface area contributed by atoms with Gasteiger partial charge in [-0.15, -0.1) is 0 Å². The van der Waals surface area contributed by atoms with Crippen molar-refractivity contribution in [1.82, 2.24) is 5.43 Å². The van der Waals surface area contributed by atoms with Gasteiger partial charge in [-0.3, -0.25) is 5.43 Å². The van der Waals surface area contributed by atoms with Gasteiger partial charge in [0, 0.05) is 0 Å². The number of nitrogens with one attached hydrogen (secondary N) is 1. The van der Waals surface area contributed by atoms with Crippen molar-refractivity contribution in [2.75, 3.05) is 0 Å². The number of benzene rings is 3. The van der Waals surface area contributed by atoms with Crippen molar-refractivity contribution >= 4 is 44.4 Å². The van der Waals surface area contributed by atoms with Crippen molar-refractivity contribution in [3.05, 3.63) is 72.3 Å². The summed E-state index contributed by atoms with van der Waals surface area (Å²) in [5.74, 6) is 0.206. The van der Waals surface area contributed by atoms with Crippen LogP contribution < -0.4 is 15.3 Å². The van der Waals surface area contributed by atoms with E-state index >= 15 is 0 Å². The van der Waals surface area contributed by atoms with Gasteiger partial charge in [-0.2, -0.15) is 13.5 Å². The highest BCUT2D eigenvalue weighted by atomic mass is 32.2. The van der Waals surface area contributed by atoms with E-state index in [1.807, 2.05) is 24.3 Å². The Hall–Kier alpha value is -2.97. The average molecular weight is 385 g/mol. The summed E-state index contributed by atoms with van der Waals surface area (Å²) in [6.45, 7) is 0. The van der Waals surface area contributed by atoms with Crippen LogP contribution in [0.5, 0.6) is 5.75 Å². The first kappa shape index (κ1) is 17.8. The molecular weight excluding hydrogens is 370 g/mol. The predicted molar refractivity (Wildman–Crippen MR) is 106 cm³/mol. The molecule has 0 atom stereocenters. The first-order valence-electron chi connectivity index (χ1n) is 7.56. The molecule has 26 heavy (non-hydrogen) atoms. The summed E-state index contributed by atoms with van der Waals surface area (Å²) in [4.78, 5) is 0.0995. The molecule has 0 radical (unpaired) electrons. The van der Waals surface area contributed by atoms with Gasteiger partial charge in [0.05, 0.1) is 6.21 Å². The van der Waals surface area contributed by atoms with Gasteiger partial charge in [0.15, 0.2) is 5.11 Å². The smallest absolute Gasteiger partial charge is 0.339 e.